The smallest absolute Gasteiger partial charge is 0.247 e. The van der Waals surface area contributed by atoms with Crippen LogP contribution in [0.2, 0.25) is 0 Å². The normalized spacial score (nSPS) is 10.6. The lowest BCUT2D eigenvalue weighted by Crippen LogP contribution is -2.01. The molecule has 0 fully saturated rings. The third-order valence-corrected chi connectivity index (χ3v) is 2.16. The maximum atomic E-state index is 11.0. The van der Waals surface area contributed by atoms with Gasteiger partial charge in [0, 0.05) is 17.8 Å². The molecule has 0 saturated heterocycles. The van der Waals surface area contributed by atoms with E-state index >= 15 is 0 Å². The van der Waals surface area contributed by atoms with Gasteiger partial charge in [-0.25, -0.2) is 0 Å². The molecular formula is C8H6N8O. The van der Waals surface area contributed by atoms with Crippen LogP contribution >= 0.6 is 0 Å². The van der Waals surface area contributed by atoms with Crippen molar-refractivity contribution >= 4 is 0 Å². The summed E-state index contributed by atoms with van der Waals surface area (Å²) in [6.07, 6.45) is 1.55. The molecule has 0 saturated carbocycles. The van der Waals surface area contributed by atoms with Crippen LogP contribution in [-0.2, 0) is 0 Å². The van der Waals surface area contributed by atoms with Gasteiger partial charge in [-0.05, 0) is 11.3 Å². The van der Waals surface area contributed by atoms with E-state index in [1.807, 2.05) is 0 Å². The third-order valence-electron chi connectivity index (χ3n) is 2.16. The molecule has 0 atom stereocenters. The lowest BCUT2D eigenvalue weighted by Gasteiger charge is -1.95. The molecule has 0 aliphatic carbocycles. The lowest BCUT2D eigenvalue weighted by atomic mass is 10.1. The Morgan fingerprint density at radius 2 is 1.88 bits per heavy atom. The summed E-state index contributed by atoms with van der Waals surface area (Å²) in [5.74, 6) is 0.333. The molecule has 17 heavy (non-hydrogen) atoms. The highest BCUT2D eigenvalue weighted by Gasteiger charge is 2.15. The Balaban J connectivity index is 2.13. The Morgan fingerprint density at radius 1 is 1.00 bits per heavy atom. The highest BCUT2D eigenvalue weighted by Crippen LogP contribution is 2.23. The number of hydrogen-bond donors (Lipinski definition) is 3. The van der Waals surface area contributed by atoms with Crippen LogP contribution in [0.4, 0.5) is 0 Å². The molecular weight excluding hydrogens is 224 g/mol. The second-order valence-electron chi connectivity index (χ2n) is 3.20. The minimum absolute atomic E-state index is 0.182. The summed E-state index contributed by atoms with van der Waals surface area (Å²) < 4.78 is 0. The number of aromatic nitrogens is 8. The predicted molar refractivity (Wildman–Crippen MR) is 55.6 cm³/mol. The van der Waals surface area contributed by atoms with Crippen LogP contribution in [0, 0.1) is 0 Å². The van der Waals surface area contributed by atoms with Gasteiger partial charge in [0.2, 0.25) is 11.4 Å². The van der Waals surface area contributed by atoms with Crippen molar-refractivity contribution in [1.29, 1.82) is 0 Å². The van der Waals surface area contributed by atoms with Crippen molar-refractivity contribution in [1.82, 2.24) is 41.0 Å². The molecule has 0 aliphatic rings. The first-order valence-corrected chi connectivity index (χ1v) is 4.68. The monoisotopic (exact) mass is 230 g/mol. The maximum Gasteiger partial charge on any atom is 0.247 e. The highest BCUT2D eigenvalue weighted by atomic mass is 16.1. The largest absolute Gasteiger partial charge is 0.328 e. The van der Waals surface area contributed by atoms with E-state index in [9.17, 15) is 4.79 Å². The summed E-state index contributed by atoms with van der Waals surface area (Å²) >= 11 is 0. The minimum atomic E-state index is -0.182. The Kier molecular flexibility index (Phi) is 2.00. The molecule has 84 valence electrons. The first kappa shape index (κ1) is 9.39. The standard InChI is InChI=1S/C8H6N8O/c17-5-2-1-4(3-9-5)6-7(11-14-10-6)8-12-15-16-13-8/h1-3H,(H,9,17)(H,10,11,14)(H,12,13,15,16). The first-order valence-electron chi connectivity index (χ1n) is 4.68. The van der Waals surface area contributed by atoms with Crippen LogP contribution in [0.15, 0.2) is 23.1 Å². The molecule has 0 radical (unpaired) electrons. The SMILES string of the molecule is O=c1ccc(-c2n[nH]nc2-c2nn[nH]n2)c[nH]1. The van der Waals surface area contributed by atoms with E-state index in [2.05, 4.69) is 41.0 Å². The molecule has 0 aliphatic heterocycles. The third kappa shape index (κ3) is 1.58. The average Bonchev–Trinajstić information content (AvgIpc) is 3.00. The Labute approximate surface area is 93.3 Å². The summed E-state index contributed by atoms with van der Waals surface area (Å²) in [4.78, 5) is 13.5. The van der Waals surface area contributed by atoms with E-state index in [1.165, 1.54) is 6.07 Å². The van der Waals surface area contributed by atoms with Gasteiger partial charge in [0.1, 0.15) is 5.69 Å². The van der Waals surface area contributed by atoms with Crippen LogP contribution in [0.3, 0.4) is 0 Å². The van der Waals surface area contributed by atoms with Crippen molar-refractivity contribution in [2.75, 3.05) is 0 Å². The molecule has 0 bridgehead atoms. The Hall–Kier alpha value is -2.84. The molecule has 3 N–H and O–H groups in total. The molecule has 0 amide bonds. The molecule has 3 heterocycles. The molecule has 3 aromatic heterocycles. The van der Waals surface area contributed by atoms with E-state index in [4.69, 9.17) is 0 Å². The van der Waals surface area contributed by atoms with Gasteiger partial charge in [-0.15, -0.1) is 10.2 Å². The average molecular weight is 230 g/mol. The number of pyridine rings is 1. The van der Waals surface area contributed by atoms with Gasteiger partial charge in [0.05, 0.1) is 0 Å². The second kappa shape index (κ2) is 3.63. The van der Waals surface area contributed by atoms with E-state index in [1.54, 1.807) is 12.3 Å². The topological polar surface area (TPSA) is 129 Å². The summed E-state index contributed by atoms with van der Waals surface area (Å²) in [6.45, 7) is 0. The number of nitrogens with one attached hydrogen (secondary N) is 3. The molecule has 0 spiro atoms. The van der Waals surface area contributed by atoms with Crippen molar-refractivity contribution in [3.63, 3.8) is 0 Å². The van der Waals surface area contributed by atoms with Crippen LogP contribution < -0.4 is 5.56 Å². The van der Waals surface area contributed by atoms with Crippen molar-refractivity contribution in [3.8, 4) is 22.8 Å². The fourth-order valence-corrected chi connectivity index (χ4v) is 1.41. The zero-order chi connectivity index (χ0) is 11.7. The number of nitrogens with zero attached hydrogens (tertiary/aromatic N) is 5. The predicted octanol–water partition coefficient (Wildman–Crippen LogP) is -0.660. The zero-order valence-electron chi connectivity index (χ0n) is 8.38. The van der Waals surface area contributed by atoms with Gasteiger partial charge >= 0.3 is 0 Å². The number of H-pyrrole nitrogens is 3. The fraction of sp³-hybridized carbons (Fsp3) is 0. The van der Waals surface area contributed by atoms with Crippen molar-refractivity contribution in [2.24, 2.45) is 0 Å². The van der Waals surface area contributed by atoms with Gasteiger partial charge in [-0.1, -0.05) is 0 Å². The van der Waals surface area contributed by atoms with E-state index in [-0.39, 0.29) is 5.56 Å². The number of hydrogen-bond acceptors (Lipinski definition) is 6. The molecule has 9 heteroatoms. The number of aromatic amines is 3. The second-order valence-corrected chi connectivity index (χ2v) is 3.20. The summed E-state index contributed by atoms with van der Waals surface area (Å²) in [5.41, 5.74) is 1.53. The van der Waals surface area contributed by atoms with Crippen LogP contribution in [-0.4, -0.2) is 41.0 Å². The van der Waals surface area contributed by atoms with Crippen LogP contribution in [0.1, 0.15) is 0 Å². The Bertz CT molecular complexity index is 661. The highest BCUT2D eigenvalue weighted by molar-refractivity contribution is 5.72. The quantitative estimate of drug-likeness (QED) is 0.536. The van der Waals surface area contributed by atoms with Gasteiger partial charge in [0.25, 0.3) is 0 Å². The van der Waals surface area contributed by atoms with Gasteiger partial charge in [-0.2, -0.15) is 20.6 Å². The van der Waals surface area contributed by atoms with E-state index in [0.29, 0.717) is 22.8 Å². The van der Waals surface area contributed by atoms with E-state index in [0.717, 1.165) is 0 Å². The van der Waals surface area contributed by atoms with Crippen LogP contribution in [0.25, 0.3) is 22.8 Å². The molecule has 3 aromatic rings. The summed E-state index contributed by atoms with van der Waals surface area (Å²) in [7, 11) is 0. The zero-order valence-corrected chi connectivity index (χ0v) is 8.38. The number of rotatable bonds is 2. The number of tetrazole rings is 1. The van der Waals surface area contributed by atoms with E-state index < -0.39 is 0 Å². The van der Waals surface area contributed by atoms with Crippen molar-refractivity contribution < 1.29 is 0 Å². The van der Waals surface area contributed by atoms with Crippen molar-refractivity contribution in [3.05, 3.63) is 28.7 Å². The van der Waals surface area contributed by atoms with Gasteiger partial charge in [0.15, 0.2) is 5.69 Å². The Morgan fingerprint density at radius 3 is 2.59 bits per heavy atom. The molecule has 3 rings (SSSR count). The summed E-state index contributed by atoms with van der Waals surface area (Å²) in [5, 5.41) is 23.9. The molecule has 0 unspecified atom stereocenters. The van der Waals surface area contributed by atoms with Crippen molar-refractivity contribution in [2.45, 2.75) is 0 Å². The maximum absolute atomic E-state index is 11.0. The fourth-order valence-electron chi connectivity index (χ4n) is 1.41. The van der Waals surface area contributed by atoms with Gasteiger partial charge < -0.3 is 4.98 Å². The lowest BCUT2D eigenvalue weighted by molar-refractivity contribution is 0.881. The minimum Gasteiger partial charge on any atom is -0.328 e. The summed E-state index contributed by atoms with van der Waals surface area (Å²) in [6, 6.07) is 3.05. The molecule has 9 nitrogen and oxygen atoms in total. The van der Waals surface area contributed by atoms with Gasteiger partial charge in [-0.3, -0.25) is 4.79 Å². The molecule has 0 aromatic carbocycles. The first-order chi connectivity index (χ1) is 8.34. The van der Waals surface area contributed by atoms with Crippen LogP contribution in [0.5, 0.6) is 0 Å².